The van der Waals surface area contributed by atoms with E-state index in [-0.39, 0.29) is 24.5 Å². The van der Waals surface area contributed by atoms with Gasteiger partial charge >= 0.3 is 0 Å². The summed E-state index contributed by atoms with van der Waals surface area (Å²) in [5.41, 5.74) is 1.43. The second-order valence-corrected chi connectivity index (χ2v) is 6.88. The van der Waals surface area contributed by atoms with Gasteiger partial charge in [0.15, 0.2) is 0 Å². The number of carbonyl (C=O) groups excluding carboxylic acids is 2. The molecule has 0 unspecified atom stereocenters. The summed E-state index contributed by atoms with van der Waals surface area (Å²) < 4.78 is 0. The number of rotatable bonds is 3. The van der Waals surface area contributed by atoms with E-state index in [9.17, 15) is 9.59 Å². The van der Waals surface area contributed by atoms with Gasteiger partial charge in [-0.3, -0.25) is 9.59 Å². The molecule has 5 nitrogen and oxygen atoms in total. The van der Waals surface area contributed by atoms with E-state index in [1.165, 1.54) is 4.88 Å². The number of nitrogens with one attached hydrogen (secondary N) is 1. The highest BCUT2D eigenvalue weighted by Crippen LogP contribution is 2.39. The van der Waals surface area contributed by atoms with Crippen LogP contribution in [0.25, 0.3) is 0 Å². The van der Waals surface area contributed by atoms with Crippen LogP contribution in [0, 0.1) is 6.92 Å². The van der Waals surface area contributed by atoms with Gasteiger partial charge < -0.3 is 15.1 Å². The van der Waals surface area contributed by atoms with Gasteiger partial charge in [-0.1, -0.05) is 12.1 Å². The van der Waals surface area contributed by atoms with Gasteiger partial charge in [0, 0.05) is 23.8 Å². The minimum atomic E-state index is -0.270. The van der Waals surface area contributed by atoms with Crippen molar-refractivity contribution in [2.45, 2.75) is 13.1 Å². The number of benzene rings is 1. The van der Waals surface area contributed by atoms with Crippen molar-refractivity contribution in [3.63, 3.8) is 0 Å². The molecule has 1 atom stereocenters. The second-order valence-electron chi connectivity index (χ2n) is 5.56. The van der Waals surface area contributed by atoms with Crippen molar-refractivity contribution in [1.82, 2.24) is 10.2 Å². The van der Waals surface area contributed by atoms with Crippen LogP contribution in [0.1, 0.15) is 26.3 Å². The zero-order valence-corrected chi connectivity index (χ0v) is 14.2. The number of hydrogen-bond acceptors (Lipinski definition) is 4. The Labute approximate surface area is 139 Å². The number of hydrogen-bond donors (Lipinski definition) is 1. The van der Waals surface area contributed by atoms with Gasteiger partial charge in [0.05, 0.1) is 17.8 Å². The highest BCUT2D eigenvalue weighted by Gasteiger charge is 2.37. The quantitative estimate of drug-likeness (QED) is 0.941. The minimum Gasteiger partial charge on any atom is -0.358 e. The van der Waals surface area contributed by atoms with Crippen LogP contribution in [0.15, 0.2) is 36.4 Å². The molecule has 1 aliphatic rings. The average Bonchev–Trinajstić information content (AvgIpc) is 2.98. The summed E-state index contributed by atoms with van der Waals surface area (Å²) in [7, 11) is 3.41. The molecule has 120 valence electrons. The van der Waals surface area contributed by atoms with E-state index >= 15 is 0 Å². The standard InChI is InChI=1S/C17H19N3O2S/c1-11-8-9-14(23-11)16-19(3)17(22)12-6-4-5-7-13(12)20(16)10-15(21)18-2/h4-9,16H,10H2,1-3H3,(H,18,21)/t16-/m1/s1. The molecule has 0 aliphatic carbocycles. The summed E-state index contributed by atoms with van der Waals surface area (Å²) in [4.78, 5) is 30.6. The van der Waals surface area contributed by atoms with Crippen molar-refractivity contribution in [2.24, 2.45) is 0 Å². The maximum Gasteiger partial charge on any atom is 0.257 e. The molecule has 2 amide bonds. The number of anilines is 1. The molecule has 3 rings (SSSR count). The van der Waals surface area contributed by atoms with Crippen LogP contribution >= 0.6 is 11.3 Å². The largest absolute Gasteiger partial charge is 0.358 e. The lowest BCUT2D eigenvalue weighted by Crippen LogP contribution is -2.50. The zero-order chi connectivity index (χ0) is 16.6. The molecular weight excluding hydrogens is 310 g/mol. The molecule has 1 aromatic heterocycles. The number of likely N-dealkylation sites (N-methyl/N-ethyl adjacent to an activating group) is 1. The van der Waals surface area contributed by atoms with Crippen molar-refractivity contribution in [3.8, 4) is 0 Å². The molecule has 23 heavy (non-hydrogen) atoms. The highest BCUT2D eigenvalue weighted by molar-refractivity contribution is 7.12. The summed E-state index contributed by atoms with van der Waals surface area (Å²) in [6, 6.07) is 11.5. The van der Waals surface area contributed by atoms with Gasteiger partial charge in [-0.25, -0.2) is 0 Å². The van der Waals surface area contributed by atoms with Gasteiger partial charge in [-0.05, 0) is 31.2 Å². The normalized spacial score (nSPS) is 17.2. The van der Waals surface area contributed by atoms with Gasteiger partial charge in [-0.2, -0.15) is 0 Å². The van der Waals surface area contributed by atoms with Gasteiger partial charge in [-0.15, -0.1) is 11.3 Å². The smallest absolute Gasteiger partial charge is 0.257 e. The molecule has 0 spiro atoms. The lowest BCUT2D eigenvalue weighted by Gasteiger charge is -2.43. The maximum absolute atomic E-state index is 12.7. The Morgan fingerprint density at radius 2 is 2.00 bits per heavy atom. The van der Waals surface area contributed by atoms with Crippen LogP contribution in [0.3, 0.4) is 0 Å². The predicted octanol–water partition coefficient (Wildman–Crippen LogP) is 2.39. The molecular formula is C17H19N3O2S. The number of para-hydroxylation sites is 1. The third-order valence-corrected chi connectivity index (χ3v) is 5.08. The van der Waals surface area contributed by atoms with E-state index in [1.807, 2.05) is 42.2 Å². The van der Waals surface area contributed by atoms with Crippen molar-refractivity contribution in [1.29, 1.82) is 0 Å². The Hall–Kier alpha value is -2.34. The molecule has 0 saturated carbocycles. The molecule has 6 heteroatoms. The molecule has 0 saturated heterocycles. The van der Waals surface area contributed by atoms with Crippen LogP contribution < -0.4 is 10.2 Å². The number of aryl methyl sites for hydroxylation is 1. The number of carbonyl (C=O) groups is 2. The summed E-state index contributed by atoms with van der Waals surface area (Å²) in [6.45, 7) is 2.24. The van der Waals surface area contributed by atoms with Gasteiger partial charge in [0.25, 0.3) is 5.91 Å². The topological polar surface area (TPSA) is 52.7 Å². The Balaban J connectivity index is 2.12. The molecule has 0 fully saturated rings. The lowest BCUT2D eigenvalue weighted by atomic mass is 10.0. The summed E-state index contributed by atoms with van der Waals surface area (Å²) in [6.07, 6.45) is -0.270. The fourth-order valence-corrected chi connectivity index (χ4v) is 3.92. The van der Waals surface area contributed by atoms with Crippen LogP contribution in [-0.2, 0) is 4.79 Å². The molecule has 2 heterocycles. The Bertz CT molecular complexity index is 756. The molecule has 0 bridgehead atoms. The molecule has 1 N–H and O–H groups in total. The molecule has 1 aromatic carbocycles. The van der Waals surface area contributed by atoms with E-state index in [0.29, 0.717) is 5.56 Å². The fourth-order valence-electron chi connectivity index (χ4n) is 2.89. The zero-order valence-electron chi connectivity index (χ0n) is 13.4. The van der Waals surface area contributed by atoms with E-state index in [4.69, 9.17) is 0 Å². The Kier molecular flexibility index (Phi) is 4.09. The number of nitrogens with zero attached hydrogens (tertiary/aromatic N) is 2. The third-order valence-electron chi connectivity index (χ3n) is 4.03. The van der Waals surface area contributed by atoms with E-state index < -0.39 is 0 Å². The van der Waals surface area contributed by atoms with Crippen molar-refractivity contribution in [2.75, 3.05) is 25.5 Å². The molecule has 2 aromatic rings. The maximum atomic E-state index is 12.7. The third kappa shape index (κ3) is 2.70. The lowest BCUT2D eigenvalue weighted by molar-refractivity contribution is -0.119. The second kappa shape index (κ2) is 6.04. The SMILES string of the molecule is CNC(=O)CN1c2ccccc2C(=O)N(C)[C@H]1c1ccc(C)s1. The fraction of sp³-hybridized carbons (Fsp3) is 0.294. The first-order valence-corrected chi connectivity index (χ1v) is 8.24. The van der Waals surface area contributed by atoms with Crippen molar-refractivity contribution >= 4 is 28.8 Å². The average molecular weight is 329 g/mol. The summed E-state index contributed by atoms with van der Waals surface area (Å²) in [5.74, 6) is -0.106. The first-order chi connectivity index (χ1) is 11.0. The van der Waals surface area contributed by atoms with Gasteiger partial charge in [0.1, 0.15) is 6.17 Å². The predicted molar refractivity (Wildman–Crippen MR) is 91.7 cm³/mol. The van der Waals surface area contributed by atoms with Crippen LogP contribution in [0.4, 0.5) is 5.69 Å². The molecule has 1 aliphatic heterocycles. The highest BCUT2D eigenvalue weighted by atomic mass is 32.1. The van der Waals surface area contributed by atoms with E-state index in [0.717, 1.165) is 10.6 Å². The number of fused-ring (bicyclic) bond motifs is 1. The van der Waals surface area contributed by atoms with Crippen LogP contribution in [-0.4, -0.2) is 37.4 Å². The van der Waals surface area contributed by atoms with Crippen molar-refractivity contribution < 1.29 is 9.59 Å². The van der Waals surface area contributed by atoms with Crippen LogP contribution in [0.2, 0.25) is 0 Å². The Morgan fingerprint density at radius 3 is 2.65 bits per heavy atom. The number of amides is 2. The Morgan fingerprint density at radius 1 is 1.26 bits per heavy atom. The summed E-state index contributed by atoms with van der Waals surface area (Å²) in [5, 5.41) is 2.67. The first kappa shape index (κ1) is 15.6. The van der Waals surface area contributed by atoms with E-state index in [2.05, 4.69) is 5.32 Å². The van der Waals surface area contributed by atoms with Crippen molar-refractivity contribution in [3.05, 3.63) is 51.7 Å². The van der Waals surface area contributed by atoms with Crippen LogP contribution in [0.5, 0.6) is 0 Å². The monoisotopic (exact) mass is 329 g/mol. The van der Waals surface area contributed by atoms with Gasteiger partial charge in [0.2, 0.25) is 5.91 Å². The summed E-state index contributed by atoms with van der Waals surface area (Å²) >= 11 is 1.65. The minimum absolute atomic E-state index is 0.0233. The molecule has 0 radical (unpaired) electrons. The first-order valence-electron chi connectivity index (χ1n) is 7.42. The van der Waals surface area contributed by atoms with E-state index in [1.54, 1.807) is 36.4 Å². The number of thiophene rings is 1.